The molecule has 0 fully saturated rings. The van der Waals surface area contributed by atoms with Crippen LogP contribution >= 0.6 is 0 Å². The maximum Gasteiger partial charge on any atom is 0.192 e. The van der Waals surface area contributed by atoms with Crippen LogP contribution in [0, 0.1) is 5.41 Å². The number of rotatable bonds is 7. The standard InChI is InChI=1S/C15H28N2O3Si/c1-14(2,3)21(5,6)20-12-15(4,11-19)10-17-8-13(9-18)7-16-17/h7-9,19H,10-12H2,1-6H3. The molecule has 0 bridgehead atoms. The van der Waals surface area contributed by atoms with Crippen LogP contribution in [-0.2, 0) is 11.0 Å². The van der Waals surface area contributed by atoms with E-state index in [1.165, 1.54) is 6.20 Å². The lowest BCUT2D eigenvalue weighted by molar-refractivity contribution is 0.0571. The summed E-state index contributed by atoms with van der Waals surface area (Å²) in [5, 5.41) is 14.0. The Morgan fingerprint density at radius 2 is 2.00 bits per heavy atom. The van der Waals surface area contributed by atoms with E-state index in [-0.39, 0.29) is 11.6 Å². The minimum atomic E-state index is -1.85. The second-order valence-electron chi connectivity index (χ2n) is 7.61. The predicted molar refractivity (Wildman–Crippen MR) is 86.0 cm³/mol. The molecule has 6 heteroatoms. The molecule has 0 saturated heterocycles. The molecule has 1 heterocycles. The van der Waals surface area contributed by atoms with Crippen LogP contribution in [0.15, 0.2) is 12.4 Å². The number of aliphatic hydroxyl groups excluding tert-OH is 1. The minimum Gasteiger partial charge on any atom is -0.416 e. The average molecular weight is 312 g/mol. The first kappa shape index (κ1) is 18.1. The Labute approximate surface area is 128 Å². The van der Waals surface area contributed by atoms with E-state index in [4.69, 9.17) is 4.43 Å². The molecule has 1 atom stereocenters. The third kappa shape index (κ3) is 4.76. The molecule has 0 radical (unpaired) electrons. The van der Waals surface area contributed by atoms with Crippen molar-refractivity contribution in [3.63, 3.8) is 0 Å². The molecule has 120 valence electrons. The fourth-order valence-corrected chi connectivity index (χ4v) is 2.77. The van der Waals surface area contributed by atoms with Crippen molar-refractivity contribution in [1.29, 1.82) is 0 Å². The van der Waals surface area contributed by atoms with Gasteiger partial charge in [0.25, 0.3) is 0 Å². The molecule has 0 aliphatic rings. The number of carbonyl (C=O) groups excluding carboxylic acids is 1. The number of nitrogens with zero attached hydrogens (tertiary/aromatic N) is 2. The summed E-state index contributed by atoms with van der Waals surface area (Å²) in [6, 6.07) is 0. The van der Waals surface area contributed by atoms with Gasteiger partial charge in [0.05, 0.1) is 24.9 Å². The highest BCUT2D eigenvalue weighted by molar-refractivity contribution is 6.74. The highest BCUT2D eigenvalue weighted by atomic mass is 28.4. The molecule has 1 N–H and O–H groups in total. The summed E-state index contributed by atoms with van der Waals surface area (Å²) in [4.78, 5) is 10.7. The second kappa shape index (κ2) is 6.42. The molecule has 0 aliphatic carbocycles. The van der Waals surface area contributed by atoms with Crippen LogP contribution in [0.4, 0.5) is 0 Å². The van der Waals surface area contributed by atoms with E-state index >= 15 is 0 Å². The van der Waals surface area contributed by atoms with Crippen LogP contribution in [-0.4, -0.2) is 42.7 Å². The maximum atomic E-state index is 10.7. The second-order valence-corrected chi connectivity index (χ2v) is 12.4. The zero-order chi connectivity index (χ0) is 16.3. The summed E-state index contributed by atoms with van der Waals surface area (Å²) < 4.78 is 7.91. The van der Waals surface area contributed by atoms with E-state index in [9.17, 15) is 9.90 Å². The van der Waals surface area contributed by atoms with E-state index in [1.807, 2.05) is 6.92 Å². The molecule has 1 rings (SSSR count). The summed E-state index contributed by atoms with van der Waals surface area (Å²) in [6.07, 6.45) is 3.98. The van der Waals surface area contributed by atoms with Crippen molar-refractivity contribution in [3.8, 4) is 0 Å². The van der Waals surface area contributed by atoms with Crippen LogP contribution in [0.5, 0.6) is 0 Å². The summed E-state index contributed by atoms with van der Waals surface area (Å²) in [6.45, 7) is 14.0. The van der Waals surface area contributed by atoms with E-state index < -0.39 is 13.7 Å². The van der Waals surface area contributed by atoms with Gasteiger partial charge in [-0.3, -0.25) is 9.48 Å². The molecule has 0 aliphatic heterocycles. The number of hydrogen-bond acceptors (Lipinski definition) is 4. The van der Waals surface area contributed by atoms with Crippen molar-refractivity contribution in [1.82, 2.24) is 9.78 Å². The molecule has 1 unspecified atom stereocenters. The Morgan fingerprint density at radius 3 is 2.43 bits per heavy atom. The average Bonchev–Trinajstić information content (AvgIpc) is 2.83. The Bertz CT molecular complexity index is 480. The van der Waals surface area contributed by atoms with E-state index in [0.717, 1.165) is 6.29 Å². The Morgan fingerprint density at radius 1 is 1.38 bits per heavy atom. The van der Waals surface area contributed by atoms with Gasteiger partial charge in [-0.15, -0.1) is 0 Å². The lowest BCUT2D eigenvalue weighted by Crippen LogP contribution is -2.45. The smallest absolute Gasteiger partial charge is 0.192 e. The van der Waals surface area contributed by atoms with Crippen molar-refractivity contribution < 1.29 is 14.3 Å². The van der Waals surface area contributed by atoms with Gasteiger partial charge in [0.15, 0.2) is 14.6 Å². The third-order valence-corrected chi connectivity index (χ3v) is 8.78. The van der Waals surface area contributed by atoms with Gasteiger partial charge in [0.2, 0.25) is 0 Å². The molecule has 0 amide bonds. The Balaban J connectivity index is 2.74. The van der Waals surface area contributed by atoms with Crippen molar-refractivity contribution >= 4 is 14.6 Å². The van der Waals surface area contributed by atoms with Gasteiger partial charge in [0.1, 0.15) is 0 Å². The number of hydrogen-bond donors (Lipinski definition) is 1. The zero-order valence-corrected chi connectivity index (χ0v) is 15.0. The monoisotopic (exact) mass is 312 g/mol. The van der Waals surface area contributed by atoms with Gasteiger partial charge in [-0.25, -0.2) is 0 Å². The van der Waals surface area contributed by atoms with Crippen molar-refractivity contribution in [2.75, 3.05) is 13.2 Å². The van der Waals surface area contributed by atoms with Crippen molar-refractivity contribution in [3.05, 3.63) is 18.0 Å². The molecule has 0 spiro atoms. The summed E-state index contributed by atoms with van der Waals surface area (Å²) in [5.74, 6) is 0. The first-order valence-electron chi connectivity index (χ1n) is 7.25. The molecule has 0 aromatic carbocycles. The van der Waals surface area contributed by atoms with Crippen LogP contribution in [0.3, 0.4) is 0 Å². The highest BCUT2D eigenvalue weighted by Crippen LogP contribution is 2.37. The Hall–Kier alpha value is -0.983. The summed E-state index contributed by atoms with van der Waals surface area (Å²) in [5.41, 5.74) is 0.127. The number of aromatic nitrogens is 2. The minimum absolute atomic E-state index is 0.0118. The van der Waals surface area contributed by atoms with E-state index in [2.05, 4.69) is 39.0 Å². The van der Waals surface area contributed by atoms with Gasteiger partial charge in [0, 0.05) is 18.2 Å². The topological polar surface area (TPSA) is 64.3 Å². The first-order valence-corrected chi connectivity index (χ1v) is 10.2. The lowest BCUT2D eigenvalue weighted by atomic mass is 9.93. The van der Waals surface area contributed by atoms with E-state index in [1.54, 1.807) is 10.9 Å². The zero-order valence-electron chi connectivity index (χ0n) is 14.0. The van der Waals surface area contributed by atoms with Crippen LogP contribution in [0.25, 0.3) is 0 Å². The summed E-state index contributed by atoms with van der Waals surface area (Å²) >= 11 is 0. The molecular formula is C15H28N2O3Si. The normalized spacial score (nSPS) is 15.8. The van der Waals surface area contributed by atoms with Gasteiger partial charge in [-0.2, -0.15) is 5.10 Å². The molecule has 5 nitrogen and oxygen atoms in total. The van der Waals surface area contributed by atoms with E-state index in [0.29, 0.717) is 18.7 Å². The van der Waals surface area contributed by atoms with Crippen LogP contribution in [0.2, 0.25) is 18.1 Å². The van der Waals surface area contributed by atoms with Gasteiger partial charge < -0.3 is 9.53 Å². The lowest BCUT2D eigenvalue weighted by Gasteiger charge is -2.39. The molecule has 0 saturated carbocycles. The van der Waals surface area contributed by atoms with Gasteiger partial charge in [-0.05, 0) is 18.1 Å². The highest BCUT2D eigenvalue weighted by Gasteiger charge is 2.39. The fraction of sp³-hybridized carbons (Fsp3) is 0.733. The molecule has 1 aromatic heterocycles. The molecule has 21 heavy (non-hydrogen) atoms. The fourth-order valence-electron chi connectivity index (χ4n) is 1.63. The predicted octanol–water partition coefficient (Wildman–Crippen LogP) is 2.72. The molecular weight excluding hydrogens is 284 g/mol. The van der Waals surface area contributed by atoms with Crippen molar-refractivity contribution in [2.24, 2.45) is 5.41 Å². The first-order chi connectivity index (χ1) is 9.53. The SMILES string of the molecule is CC(CO)(CO[Si](C)(C)C(C)(C)C)Cn1cc(C=O)cn1. The van der Waals surface area contributed by atoms with Gasteiger partial charge in [-0.1, -0.05) is 27.7 Å². The quantitative estimate of drug-likeness (QED) is 0.621. The molecule has 1 aromatic rings. The maximum absolute atomic E-state index is 10.7. The number of carbonyl (C=O) groups is 1. The van der Waals surface area contributed by atoms with Crippen LogP contribution < -0.4 is 0 Å². The number of aliphatic hydroxyl groups is 1. The van der Waals surface area contributed by atoms with Crippen molar-refractivity contribution in [2.45, 2.75) is 52.4 Å². The largest absolute Gasteiger partial charge is 0.416 e. The number of aldehydes is 1. The Kier molecular flexibility index (Phi) is 5.52. The van der Waals surface area contributed by atoms with Gasteiger partial charge >= 0.3 is 0 Å². The third-order valence-electron chi connectivity index (χ3n) is 4.30. The van der Waals surface area contributed by atoms with Crippen LogP contribution in [0.1, 0.15) is 38.1 Å². The summed E-state index contributed by atoms with van der Waals surface area (Å²) in [7, 11) is -1.85.